The highest BCUT2D eigenvalue weighted by Gasteiger charge is 2.31. The summed E-state index contributed by atoms with van der Waals surface area (Å²) in [6, 6.07) is 3.29. The molecule has 2 rings (SSSR count). The number of carbonyl (C=O) groups excluding carboxylic acids is 1. The molecule has 0 aliphatic carbocycles. The molecule has 116 valence electrons. The zero-order chi connectivity index (χ0) is 15.4. The van der Waals surface area contributed by atoms with Crippen LogP contribution in [0.5, 0.6) is 11.5 Å². The number of halogens is 1. The summed E-state index contributed by atoms with van der Waals surface area (Å²) >= 11 is 6.19. The molecule has 21 heavy (non-hydrogen) atoms. The lowest BCUT2D eigenvalue weighted by atomic mass is 10.0. The lowest BCUT2D eigenvalue weighted by Gasteiger charge is -2.33. The molecular formula is C15H21ClN2O3. The van der Waals surface area contributed by atoms with Crippen LogP contribution in [0.2, 0.25) is 5.02 Å². The molecular weight excluding hydrogens is 292 g/mol. The van der Waals surface area contributed by atoms with Gasteiger partial charge in [0, 0.05) is 12.6 Å². The number of methoxy groups -OCH3 is 2. The first kappa shape index (κ1) is 15.9. The lowest BCUT2D eigenvalue weighted by molar-refractivity contribution is -0.121. The molecule has 1 aromatic carbocycles. The molecule has 1 aromatic rings. The first-order chi connectivity index (χ1) is 10.1. The maximum absolute atomic E-state index is 12.6. The van der Waals surface area contributed by atoms with Gasteiger partial charge in [0.2, 0.25) is 5.91 Å². The molecule has 1 saturated heterocycles. The van der Waals surface area contributed by atoms with Crippen molar-refractivity contribution in [2.24, 2.45) is 0 Å². The van der Waals surface area contributed by atoms with Crippen LogP contribution in [0.3, 0.4) is 0 Å². The van der Waals surface area contributed by atoms with Gasteiger partial charge in [-0.25, -0.2) is 0 Å². The second-order valence-electron chi connectivity index (χ2n) is 4.90. The molecule has 0 bridgehead atoms. The second kappa shape index (κ2) is 7.00. The number of nitrogens with one attached hydrogen (secondary N) is 1. The fourth-order valence-electron chi connectivity index (χ4n) is 2.61. The minimum Gasteiger partial charge on any atom is -0.495 e. The Balaban J connectivity index is 2.36. The number of hydrogen-bond donors (Lipinski definition) is 1. The molecule has 1 heterocycles. The van der Waals surface area contributed by atoms with Crippen LogP contribution in [0.1, 0.15) is 19.8 Å². The summed E-state index contributed by atoms with van der Waals surface area (Å²) in [5, 5.41) is 3.68. The smallest absolute Gasteiger partial charge is 0.244 e. The van der Waals surface area contributed by atoms with Crippen molar-refractivity contribution in [3.63, 3.8) is 0 Å². The van der Waals surface area contributed by atoms with E-state index in [1.54, 1.807) is 31.3 Å². The van der Waals surface area contributed by atoms with Crippen molar-refractivity contribution in [3.8, 4) is 11.5 Å². The van der Waals surface area contributed by atoms with Crippen LogP contribution in [0, 0.1) is 0 Å². The van der Waals surface area contributed by atoms with Gasteiger partial charge in [0.1, 0.15) is 11.5 Å². The molecule has 1 atom stereocenters. The molecule has 0 spiro atoms. The first-order valence-corrected chi connectivity index (χ1v) is 7.46. The Kier molecular flexibility index (Phi) is 5.31. The maximum atomic E-state index is 12.6. The molecule has 5 nitrogen and oxygen atoms in total. The normalized spacial score (nSPS) is 18.8. The number of hydrogen-bond acceptors (Lipinski definition) is 4. The van der Waals surface area contributed by atoms with E-state index in [-0.39, 0.29) is 11.9 Å². The predicted octanol–water partition coefficient (Wildman–Crippen LogP) is 2.46. The quantitative estimate of drug-likeness (QED) is 0.907. The van der Waals surface area contributed by atoms with Gasteiger partial charge < -0.3 is 19.7 Å². The van der Waals surface area contributed by atoms with Gasteiger partial charge in [-0.15, -0.1) is 0 Å². The van der Waals surface area contributed by atoms with Gasteiger partial charge in [0.15, 0.2) is 0 Å². The Labute approximate surface area is 130 Å². The number of anilines is 1. The maximum Gasteiger partial charge on any atom is 0.244 e. The van der Waals surface area contributed by atoms with E-state index < -0.39 is 0 Å². The monoisotopic (exact) mass is 312 g/mol. The molecule has 0 radical (unpaired) electrons. The standard InChI is InChI=1S/C15H21ClN2O3/c1-4-17-11-6-5-7-18(15(11)19)12-8-10(16)13(20-2)9-14(12)21-3/h8-9,11,17H,4-7H2,1-3H3. The van der Waals surface area contributed by atoms with Crippen molar-refractivity contribution in [2.45, 2.75) is 25.8 Å². The summed E-state index contributed by atoms with van der Waals surface area (Å²) in [6.45, 7) is 3.43. The highest BCUT2D eigenvalue weighted by molar-refractivity contribution is 6.32. The van der Waals surface area contributed by atoms with Gasteiger partial charge in [0.25, 0.3) is 0 Å². The van der Waals surface area contributed by atoms with E-state index in [4.69, 9.17) is 21.1 Å². The average Bonchev–Trinajstić information content (AvgIpc) is 2.49. The Bertz CT molecular complexity index is 520. The number of likely N-dealkylation sites (N-methyl/N-ethyl adjacent to an activating group) is 1. The van der Waals surface area contributed by atoms with Crippen molar-refractivity contribution >= 4 is 23.2 Å². The molecule has 1 unspecified atom stereocenters. The number of benzene rings is 1. The number of amides is 1. The Morgan fingerprint density at radius 2 is 2.05 bits per heavy atom. The molecule has 1 fully saturated rings. The summed E-state index contributed by atoms with van der Waals surface area (Å²) in [5.74, 6) is 1.18. The van der Waals surface area contributed by atoms with Crippen molar-refractivity contribution in [1.82, 2.24) is 5.32 Å². The number of carbonyl (C=O) groups is 1. The Morgan fingerprint density at radius 3 is 2.67 bits per heavy atom. The SMILES string of the molecule is CCNC1CCCN(c2cc(Cl)c(OC)cc2OC)C1=O. The van der Waals surface area contributed by atoms with E-state index in [0.717, 1.165) is 19.4 Å². The highest BCUT2D eigenvalue weighted by Crippen LogP contribution is 2.39. The third kappa shape index (κ3) is 3.24. The van der Waals surface area contributed by atoms with E-state index in [2.05, 4.69) is 5.32 Å². The molecule has 0 saturated carbocycles. The van der Waals surface area contributed by atoms with Crippen molar-refractivity contribution in [2.75, 3.05) is 32.2 Å². The fourth-order valence-corrected chi connectivity index (χ4v) is 2.84. The van der Waals surface area contributed by atoms with Crippen molar-refractivity contribution in [3.05, 3.63) is 17.2 Å². The fraction of sp³-hybridized carbons (Fsp3) is 0.533. The molecule has 1 aliphatic rings. The van der Waals surface area contributed by atoms with Crippen LogP contribution in [0.15, 0.2) is 12.1 Å². The number of rotatable bonds is 5. The lowest BCUT2D eigenvalue weighted by Crippen LogP contribution is -2.50. The van der Waals surface area contributed by atoms with Gasteiger partial charge in [-0.2, -0.15) is 0 Å². The zero-order valence-electron chi connectivity index (χ0n) is 12.6. The van der Waals surface area contributed by atoms with Crippen LogP contribution in [-0.4, -0.2) is 39.3 Å². The minimum absolute atomic E-state index is 0.0580. The van der Waals surface area contributed by atoms with Gasteiger partial charge >= 0.3 is 0 Å². The van der Waals surface area contributed by atoms with Crippen LogP contribution in [0.4, 0.5) is 5.69 Å². The zero-order valence-corrected chi connectivity index (χ0v) is 13.4. The molecule has 1 amide bonds. The van der Waals surface area contributed by atoms with E-state index in [9.17, 15) is 4.79 Å². The number of nitrogens with zero attached hydrogens (tertiary/aromatic N) is 1. The van der Waals surface area contributed by atoms with Gasteiger partial charge in [-0.3, -0.25) is 4.79 Å². The molecule has 1 aliphatic heterocycles. The highest BCUT2D eigenvalue weighted by atomic mass is 35.5. The van der Waals surface area contributed by atoms with E-state index in [0.29, 0.717) is 28.8 Å². The Hall–Kier alpha value is -1.46. The van der Waals surface area contributed by atoms with Gasteiger partial charge in [-0.1, -0.05) is 18.5 Å². The van der Waals surface area contributed by atoms with E-state index >= 15 is 0 Å². The Morgan fingerprint density at radius 1 is 1.33 bits per heavy atom. The second-order valence-corrected chi connectivity index (χ2v) is 5.31. The summed E-state index contributed by atoms with van der Waals surface area (Å²) in [6.07, 6.45) is 1.80. The van der Waals surface area contributed by atoms with Gasteiger partial charge in [0.05, 0.1) is 31.0 Å². The predicted molar refractivity (Wildman–Crippen MR) is 83.6 cm³/mol. The summed E-state index contributed by atoms with van der Waals surface area (Å²) < 4.78 is 10.6. The van der Waals surface area contributed by atoms with Crippen molar-refractivity contribution < 1.29 is 14.3 Å². The topological polar surface area (TPSA) is 50.8 Å². The van der Waals surface area contributed by atoms with E-state index in [1.165, 1.54) is 0 Å². The molecule has 1 N–H and O–H groups in total. The van der Waals surface area contributed by atoms with Gasteiger partial charge in [-0.05, 0) is 25.5 Å². The summed E-state index contributed by atoms with van der Waals surface area (Å²) in [5.41, 5.74) is 0.691. The average molecular weight is 313 g/mol. The van der Waals surface area contributed by atoms with Crippen LogP contribution < -0.4 is 19.7 Å². The minimum atomic E-state index is -0.144. The van der Waals surface area contributed by atoms with Crippen molar-refractivity contribution in [1.29, 1.82) is 0 Å². The third-order valence-corrected chi connectivity index (χ3v) is 3.93. The summed E-state index contributed by atoms with van der Waals surface area (Å²) in [7, 11) is 3.12. The van der Waals surface area contributed by atoms with Crippen LogP contribution in [-0.2, 0) is 4.79 Å². The number of piperidine rings is 1. The molecule has 6 heteroatoms. The largest absolute Gasteiger partial charge is 0.495 e. The first-order valence-electron chi connectivity index (χ1n) is 7.08. The van der Waals surface area contributed by atoms with E-state index in [1.807, 2.05) is 6.92 Å². The third-order valence-electron chi connectivity index (χ3n) is 3.63. The summed E-state index contributed by atoms with van der Waals surface area (Å²) in [4.78, 5) is 14.3. The molecule has 0 aromatic heterocycles. The van der Waals surface area contributed by atoms with Crippen LogP contribution >= 0.6 is 11.6 Å². The van der Waals surface area contributed by atoms with Crippen LogP contribution in [0.25, 0.3) is 0 Å². The number of ether oxygens (including phenoxy) is 2.